The number of carbonyl (C=O) groups excluding carboxylic acids is 1. The highest BCUT2D eigenvalue weighted by Gasteiger charge is 2.40. The van der Waals surface area contributed by atoms with Crippen molar-refractivity contribution in [1.82, 2.24) is 0 Å². The second-order valence-electron chi connectivity index (χ2n) is 2.67. The maximum atomic E-state index is 10.9. The molecule has 6 heteroatoms. The van der Waals surface area contributed by atoms with Crippen LogP contribution < -0.4 is 4.89 Å². The number of alkyl halides is 2. The summed E-state index contributed by atoms with van der Waals surface area (Å²) in [5.74, 6) is 0.372. The van der Waals surface area contributed by atoms with E-state index >= 15 is 0 Å². The first-order valence-electron chi connectivity index (χ1n) is 3.58. The standard InChI is InChI=1S/C8H3Cl3O3/c9-7(12)4-1-2-6-5(3-4)8(10,11)14-13-6/h1-3H. The molecule has 1 heterocycles. The minimum atomic E-state index is -1.59. The van der Waals surface area contributed by atoms with Crippen molar-refractivity contribution in [3.8, 4) is 5.75 Å². The molecular formula is C8H3Cl3O3. The van der Waals surface area contributed by atoms with E-state index in [0.717, 1.165) is 0 Å². The Morgan fingerprint density at radius 1 is 1.36 bits per heavy atom. The fraction of sp³-hybridized carbons (Fsp3) is 0.125. The van der Waals surface area contributed by atoms with Crippen LogP contribution in [0.15, 0.2) is 18.2 Å². The van der Waals surface area contributed by atoms with Gasteiger partial charge in [-0.1, -0.05) is 23.2 Å². The van der Waals surface area contributed by atoms with Crippen molar-refractivity contribution in [2.24, 2.45) is 0 Å². The summed E-state index contributed by atoms with van der Waals surface area (Å²) in [7, 11) is 0. The summed E-state index contributed by atoms with van der Waals surface area (Å²) in [5.41, 5.74) is 0.650. The lowest BCUT2D eigenvalue weighted by molar-refractivity contribution is -0.215. The molecule has 3 nitrogen and oxygen atoms in total. The third kappa shape index (κ3) is 1.57. The zero-order valence-electron chi connectivity index (χ0n) is 6.59. The normalized spacial score (nSPS) is 17.4. The monoisotopic (exact) mass is 252 g/mol. The van der Waals surface area contributed by atoms with Crippen molar-refractivity contribution >= 4 is 40.0 Å². The topological polar surface area (TPSA) is 35.5 Å². The predicted octanol–water partition coefficient (Wildman–Crippen LogP) is 2.98. The van der Waals surface area contributed by atoms with Crippen LogP contribution in [-0.2, 0) is 9.41 Å². The van der Waals surface area contributed by atoms with Gasteiger partial charge in [0.2, 0.25) is 0 Å². The number of hydrogen-bond donors (Lipinski definition) is 0. The summed E-state index contributed by atoms with van der Waals surface area (Å²) in [6.07, 6.45) is 0. The van der Waals surface area contributed by atoms with E-state index in [9.17, 15) is 4.79 Å². The lowest BCUT2D eigenvalue weighted by Gasteiger charge is -2.07. The molecule has 0 aromatic heterocycles. The number of fused-ring (bicyclic) bond motifs is 1. The second kappa shape index (κ2) is 3.28. The fourth-order valence-electron chi connectivity index (χ4n) is 1.09. The maximum Gasteiger partial charge on any atom is 0.291 e. The van der Waals surface area contributed by atoms with Crippen LogP contribution in [0.4, 0.5) is 0 Å². The molecule has 0 bridgehead atoms. The van der Waals surface area contributed by atoms with Crippen LogP contribution in [0.3, 0.4) is 0 Å². The van der Waals surface area contributed by atoms with Gasteiger partial charge in [0.05, 0.1) is 5.56 Å². The van der Waals surface area contributed by atoms with E-state index in [1.807, 2.05) is 0 Å². The molecule has 74 valence electrons. The largest absolute Gasteiger partial charge is 0.334 e. The summed E-state index contributed by atoms with van der Waals surface area (Å²) in [6, 6.07) is 4.43. The molecule has 0 saturated carbocycles. The van der Waals surface area contributed by atoms with Gasteiger partial charge in [0, 0.05) is 5.56 Å². The lowest BCUT2D eigenvalue weighted by atomic mass is 10.1. The molecule has 1 aliphatic rings. The first-order valence-corrected chi connectivity index (χ1v) is 4.72. The van der Waals surface area contributed by atoms with Crippen LogP contribution in [0, 0.1) is 0 Å². The summed E-state index contributed by atoms with van der Waals surface area (Å²) >= 11 is 16.8. The van der Waals surface area contributed by atoms with Gasteiger partial charge in [0.25, 0.3) is 9.76 Å². The first kappa shape index (κ1) is 10.1. The maximum absolute atomic E-state index is 10.9. The third-order valence-corrected chi connectivity index (χ3v) is 2.51. The van der Waals surface area contributed by atoms with Crippen LogP contribution in [0.5, 0.6) is 5.75 Å². The highest BCUT2D eigenvalue weighted by atomic mass is 35.5. The van der Waals surface area contributed by atoms with Crippen molar-refractivity contribution in [2.45, 2.75) is 4.52 Å². The van der Waals surface area contributed by atoms with Crippen LogP contribution in [-0.4, -0.2) is 5.24 Å². The molecule has 0 unspecified atom stereocenters. The Morgan fingerprint density at radius 3 is 2.71 bits per heavy atom. The Kier molecular flexibility index (Phi) is 2.35. The number of rotatable bonds is 1. The minimum absolute atomic E-state index is 0.283. The Labute approximate surface area is 94.4 Å². The Balaban J connectivity index is 2.53. The van der Waals surface area contributed by atoms with E-state index < -0.39 is 9.76 Å². The van der Waals surface area contributed by atoms with Gasteiger partial charge >= 0.3 is 0 Å². The zero-order valence-corrected chi connectivity index (χ0v) is 8.86. The van der Waals surface area contributed by atoms with Gasteiger partial charge in [-0.05, 0) is 29.8 Å². The van der Waals surface area contributed by atoms with E-state index in [2.05, 4.69) is 4.89 Å². The number of halogens is 3. The van der Waals surface area contributed by atoms with E-state index in [0.29, 0.717) is 11.3 Å². The van der Waals surface area contributed by atoms with Crippen LogP contribution >= 0.6 is 34.8 Å². The fourth-order valence-corrected chi connectivity index (χ4v) is 1.57. The molecular weight excluding hydrogens is 250 g/mol. The van der Waals surface area contributed by atoms with Crippen molar-refractivity contribution < 1.29 is 14.6 Å². The second-order valence-corrected chi connectivity index (χ2v) is 4.27. The van der Waals surface area contributed by atoms with Crippen molar-refractivity contribution in [3.05, 3.63) is 29.3 Å². The van der Waals surface area contributed by atoms with Crippen LogP contribution in [0.2, 0.25) is 0 Å². The van der Waals surface area contributed by atoms with E-state index in [-0.39, 0.29) is 5.56 Å². The van der Waals surface area contributed by atoms with Gasteiger partial charge in [0.1, 0.15) is 0 Å². The minimum Gasteiger partial charge on any atom is -0.334 e. The summed E-state index contributed by atoms with van der Waals surface area (Å²) in [5, 5.41) is -0.594. The molecule has 1 aromatic carbocycles. The molecule has 14 heavy (non-hydrogen) atoms. The average Bonchev–Trinajstić information content (AvgIpc) is 2.42. The first-order chi connectivity index (χ1) is 6.50. The molecule has 0 fully saturated rings. The molecule has 0 amide bonds. The molecule has 0 spiro atoms. The smallest absolute Gasteiger partial charge is 0.291 e. The molecule has 0 atom stereocenters. The predicted molar refractivity (Wildman–Crippen MR) is 51.7 cm³/mol. The quantitative estimate of drug-likeness (QED) is 0.438. The Hall–Kier alpha value is -0.480. The Bertz CT molecular complexity index is 403. The highest BCUT2D eigenvalue weighted by molar-refractivity contribution is 6.67. The van der Waals surface area contributed by atoms with E-state index in [4.69, 9.17) is 39.7 Å². The van der Waals surface area contributed by atoms with Gasteiger partial charge in [-0.3, -0.25) is 4.79 Å². The lowest BCUT2D eigenvalue weighted by Crippen LogP contribution is -2.08. The van der Waals surface area contributed by atoms with Gasteiger partial charge in [0.15, 0.2) is 5.75 Å². The van der Waals surface area contributed by atoms with Gasteiger partial charge in [-0.2, -0.15) is 0 Å². The van der Waals surface area contributed by atoms with Crippen LogP contribution in [0.1, 0.15) is 15.9 Å². The third-order valence-electron chi connectivity index (χ3n) is 1.76. The van der Waals surface area contributed by atoms with Crippen molar-refractivity contribution in [3.63, 3.8) is 0 Å². The van der Waals surface area contributed by atoms with Crippen molar-refractivity contribution in [2.75, 3.05) is 0 Å². The molecule has 2 rings (SSSR count). The molecule has 0 N–H and O–H groups in total. The molecule has 0 aliphatic carbocycles. The summed E-state index contributed by atoms with van der Waals surface area (Å²) < 4.78 is -1.59. The molecule has 1 aromatic rings. The zero-order chi connectivity index (χ0) is 10.3. The SMILES string of the molecule is O=C(Cl)c1ccc2c(c1)C(Cl)(Cl)OO2. The Morgan fingerprint density at radius 2 is 2.07 bits per heavy atom. The molecule has 1 aliphatic heterocycles. The van der Waals surface area contributed by atoms with Gasteiger partial charge in [-0.25, -0.2) is 0 Å². The van der Waals surface area contributed by atoms with E-state index in [1.165, 1.54) is 18.2 Å². The molecule has 0 saturated heterocycles. The number of carbonyl (C=O) groups is 1. The number of hydrogen-bond acceptors (Lipinski definition) is 3. The summed E-state index contributed by atoms with van der Waals surface area (Å²) in [4.78, 5) is 20.2. The highest BCUT2D eigenvalue weighted by Crippen LogP contribution is 2.46. The van der Waals surface area contributed by atoms with E-state index in [1.54, 1.807) is 0 Å². The summed E-state index contributed by atoms with van der Waals surface area (Å²) in [6.45, 7) is 0. The number of benzene rings is 1. The van der Waals surface area contributed by atoms with Gasteiger partial charge < -0.3 is 4.89 Å². The van der Waals surface area contributed by atoms with Crippen molar-refractivity contribution in [1.29, 1.82) is 0 Å². The average molecular weight is 253 g/mol. The molecule has 0 radical (unpaired) electrons. The van der Waals surface area contributed by atoms with Gasteiger partial charge in [-0.15, -0.1) is 4.89 Å². The van der Waals surface area contributed by atoms with Crippen LogP contribution in [0.25, 0.3) is 0 Å².